The lowest BCUT2D eigenvalue weighted by Crippen LogP contribution is -2.31. The monoisotopic (exact) mass is 319 g/mol. The predicted octanol–water partition coefficient (Wildman–Crippen LogP) is 3.76. The molecule has 0 saturated carbocycles. The normalized spacial score (nSPS) is 11.5. The average Bonchev–Trinajstić information content (AvgIpc) is 2.52. The van der Waals surface area contributed by atoms with Crippen molar-refractivity contribution in [3.05, 3.63) is 59.6 Å². The molecule has 116 valence electrons. The van der Waals surface area contributed by atoms with Gasteiger partial charge >= 0.3 is 5.97 Å². The molecule has 0 fully saturated rings. The van der Waals surface area contributed by atoms with Crippen molar-refractivity contribution in [3.63, 3.8) is 0 Å². The second-order valence-corrected chi connectivity index (χ2v) is 5.18. The first-order valence-electron chi connectivity index (χ1n) is 6.98. The van der Waals surface area contributed by atoms with Crippen LogP contribution in [0.4, 0.5) is 5.69 Å². The molecule has 5 heteroatoms. The molecule has 1 N–H and O–H groups in total. The van der Waals surface area contributed by atoms with E-state index in [2.05, 4.69) is 5.32 Å². The largest absolute Gasteiger partial charge is 0.490 e. The Morgan fingerprint density at radius 2 is 1.82 bits per heavy atom. The first kappa shape index (κ1) is 16.2. The third-order valence-electron chi connectivity index (χ3n) is 2.89. The Morgan fingerprint density at radius 1 is 1.14 bits per heavy atom. The van der Waals surface area contributed by atoms with Crippen LogP contribution >= 0.6 is 11.6 Å². The van der Waals surface area contributed by atoms with Crippen LogP contribution in [0.15, 0.2) is 54.6 Å². The standard InChI is InChI=1S/C17H18ClNO3/c1-13(20)22-17(11-19-15-5-3-2-4-6-15)12-21-16-9-7-14(18)8-10-16/h2-10,17,19H,11-12H2,1H3. The first-order chi connectivity index (χ1) is 10.6. The minimum Gasteiger partial charge on any atom is -0.490 e. The molecule has 0 aliphatic heterocycles. The van der Waals surface area contributed by atoms with E-state index >= 15 is 0 Å². The number of halogens is 1. The summed E-state index contributed by atoms with van der Waals surface area (Å²) in [5, 5.41) is 3.86. The Balaban J connectivity index is 1.88. The van der Waals surface area contributed by atoms with Gasteiger partial charge in [0.05, 0.1) is 6.54 Å². The fourth-order valence-electron chi connectivity index (χ4n) is 1.88. The van der Waals surface area contributed by atoms with E-state index in [0.29, 0.717) is 17.3 Å². The lowest BCUT2D eigenvalue weighted by atomic mass is 10.3. The van der Waals surface area contributed by atoms with E-state index in [1.54, 1.807) is 24.3 Å². The summed E-state index contributed by atoms with van der Waals surface area (Å²) in [5.74, 6) is 0.348. The van der Waals surface area contributed by atoms with Crippen molar-refractivity contribution >= 4 is 23.3 Å². The molecule has 0 spiro atoms. The topological polar surface area (TPSA) is 47.6 Å². The average molecular weight is 320 g/mol. The van der Waals surface area contributed by atoms with Crippen molar-refractivity contribution in [3.8, 4) is 5.75 Å². The summed E-state index contributed by atoms with van der Waals surface area (Å²) in [4.78, 5) is 11.2. The molecule has 0 bridgehead atoms. The van der Waals surface area contributed by atoms with Crippen LogP contribution in [-0.2, 0) is 9.53 Å². The van der Waals surface area contributed by atoms with E-state index in [1.807, 2.05) is 30.3 Å². The highest BCUT2D eigenvalue weighted by Crippen LogP contribution is 2.16. The number of rotatable bonds is 7. The molecule has 0 aliphatic carbocycles. The zero-order valence-electron chi connectivity index (χ0n) is 12.3. The van der Waals surface area contributed by atoms with Crippen LogP contribution in [0.25, 0.3) is 0 Å². The molecule has 22 heavy (non-hydrogen) atoms. The molecule has 1 atom stereocenters. The van der Waals surface area contributed by atoms with Gasteiger partial charge in [-0.15, -0.1) is 0 Å². The summed E-state index contributed by atoms with van der Waals surface area (Å²) < 4.78 is 10.9. The molecule has 0 aliphatic rings. The van der Waals surface area contributed by atoms with Crippen LogP contribution in [0.1, 0.15) is 6.92 Å². The second kappa shape index (κ2) is 8.29. The molecule has 0 aromatic heterocycles. The van der Waals surface area contributed by atoms with Crippen LogP contribution in [-0.4, -0.2) is 25.2 Å². The molecule has 2 rings (SSSR count). The molecule has 0 heterocycles. The minimum atomic E-state index is -0.381. The van der Waals surface area contributed by atoms with E-state index in [1.165, 1.54) is 6.92 Å². The number of benzene rings is 2. The summed E-state index contributed by atoms with van der Waals surface area (Å²) in [5.41, 5.74) is 0.964. The lowest BCUT2D eigenvalue weighted by Gasteiger charge is -2.19. The van der Waals surface area contributed by atoms with Gasteiger partial charge in [-0.1, -0.05) is 29.8 Å². The van der Waals surface area contributed by atoms with Crippen molar-refractivity contribution in [2.45, 2.75) is 13.0 Å². The number of esters is 1. The van der Waals surface area contributed by atoms with Crippen molar-refractivity contribution in [1.29, 1.82) is 0 Å². The third-order valence-corrected chi connectivity index (χ3v) is 3.14. The number of anilines is 1. The highest BCUT2D eigenvalue weighted by Gasteiger charge is 2.13. The molecular formula is C17H18ClNO3. The number of carbonyl (C=O) groups is 1. The van der Waals surface area contributed by atoms with Crippen LogP contribution in [0.3, 0.4) is 0 Å². The second-order valence-electron chi connectivity index (χ2n) is 4.74. The molecule has 2 aromatic carbocycles. The van der Waals surface area contributed by atoms with Gasteiger partial charge in [-0.25, -0.2) is 0 Å². The summed E-state index contributed by atoms with van der Waals surface area (Å²) >= 11 is 5.83. The minimum absolute atomic E-state index is 0.265. The third kappa shape index (κ3) is 5.66. The first-order valence-corrected chi connectivity index (χ1v) is 7.36. The predicted molar refractivity (Wildman–Crippen MR) is 87.4 cm³/mol. The van der Waals surface area contributed by atoms with E-state index in [4.69, 9.17) is 21.1 Å². The van der Waals surface area contributed by atoms with E-state index in [-0.39, 0.29) is 18.7 Å². The van der Waals surface area contributed by atoms with Gasteiger partial charge < -0.3 is 14.8 Å². The SMILES string of the molecule is CC(=O)OC(CNc1ccccc1)COc1ccc(Cl)cc1. The van der Waals surface area contributed by atoms with E-state index in [9.17, 15) is 4.79 Å². The fourth-order valence-corrected chi connectivity index (χ4v) is 2.00. The van der Waals surface area contributed by atoms with Gasteiger partial charge in [0.2, 0.25) is 0 Å². The van der Waals surface area contributed by atoms with Crippen molar-refractivity contribution in [2.75, 3.05) is 18.5 Å². The van der Waals surface area contributed by atoms with Gasteiger partial charge in [-0.2, -0.15) is 0 Å². The van der Waals surface area contributed by atoms with Gasteiger partial charge in [-0.05, 0) is 36.4 Å². The quantitative estimate of drug-likeness (QED) is 0.789. The number of hydrogen-bond donors (Lipinski definition) is 1. The van der Waals surface area contributed by atoms with Crippen molar-refractivity contribution in [2.24, 2.45) is 0 Å². The zero-order chi connectivity index (χ0) is 15.8. The van der Waals surface area contributed by atoms with E-state index < -0.39 is 0 Å². The number of carbonyl (C=O) groups excluding carboxylic acids is 1. The van der Waals surface area contributed by atoms with Gasteiger partial charge in [0.25, 0.3) is 0 Å². The van der Waals surface area contributed by atoms with Gasteiger partial charge in [0.15, 0.2) is 6.10 Å². The Kier molecular flexibility index (Phi) is 6.10. The molecule has 0 radical (unpaired) electrons. The number of ether oxygens (including phenoxy) is 2. The molecule has 2 aromatic rings. The summed E-state index contributed by atoms with van der Waals surface area (Å²) in [7, 11) is 0. The Hall–Kier alpha value is -2.20. The van der Waals surface area contributed by atoms with Crippen LogP contribution < -0.4 is 10.1 Å². The molecule has 0 saturated heterocycles. The Bertz CT molecular complexity index is 587. The molecular weight excluding hydrogens is 302 g/mol. The number of para-hydroxylation sites is 1. The van der Waals surface area contributed by atoms with E-state index in [0.717, 1.165) is 5.69 Å². The highest BCUT2D eigenvalue weighted by atomic mass is 35.5. The highest BCUT2D eigenvalue weighted by molar-refractivity contribution is 6.30. The van der Waals surface area contributed by atoms with Gasteiger partial charge in [0.1, 0.15) is 12.4 Å². The Morgan fingerprint density at radius 3 is 2.45 bits per heavy atom. The maximum atomic E-state index is 11.2. The van der Waals surface area contributed by atoms with Crippen molar-refractivity contribution in [1.82, 2.24) is 0 Å². The van der Waals surface area contributed by atoms with Crippen LogP contribution in [0.5, 0.6) is 5.75 Å². The summed E-state index contributed by atoms with van der Waals surface area (Å²) in [6.45, 7) is 2.12. The zero-order valence-corrected chi connectivity index (χ0v) is 13.0. The number of hydrogen-bond acceptors (Lipinski definition) is 4. The van der Waals surface area contributed by atoms with Gasteiger partial charge in [0, 0.05) is 17.6 Å². The van der Waals surface area contributed by atoms with Crippen LogP contribution in [0, 0.1) is 0 Å². The lowest BCUT2D eigenvalue weighted by molar-refractivity contribution is -0.147. The smallest absolute Gasteiger partial charge is 0.303 e. The molecule has 4 nitrogen and oxygen atoms in total. The molecule has 1 unspecified atom stereocenters. The maximum absolute atomic E-state index is 11.2. The Labute approximate surface area is 135 Å². The fraction of sp³-hybridized carbons (Fsp3) is 0.235. The maximum Gasteiger partial charge on any atom is 0.303 e. The number of nitrogens with one attached hydrogen (secondary N) is 1. The molecule has 0 amide bonds. The van der Waals surface area contributed by atoms with Crippen LogP contribution in [0.2, 0.25) is 5.02 Å². The summed E-state index contributed by atoms with van der Waals surface area (Å²) in [6.07, 6.45) is -0.381. The van der Waals surface area contributed by atoms with Gasteiger partial charge in [-0.3, -0.25) is 4.79 Å². The summed E-state index contributed by atoms with van der Waals surface area (Å²) in [6, 6.07) is 16.8. The van der Waals surface area contributed by atoms with Crippen molar-refractivity contribution < 1.29 is 14.3 Å².